The van der Waals surface area contributed by atoms with Gasteiger partial charge in [0.15, 0.2) is 0 Å². The van der Waals surface area contributed by atoms with E-state index < -0.39 is 0 Å². The summed E-state index contributed by atoms with van der Waals surface area (Å²) in [6.45, 7) is 8.00. The fraction of sp³-hybridized carbons (Fsp3) is 0.222. The largest absolute Gasteiger partial charge is 0.334 e. The van der Waals surface area contributed by atoms with Gasteiger partial charge in [0.1, 0.15) is 0 Å². The molecule has 110 valence electrons. The number of hydrogen-bond acceptors (Lipinski definition) is 3. The molecule has 0 N–H and O–H groups in total. The highest BCUT2D eigenvalue weighted by atomic mass is 16.5. The summed E-state index contributed by atoms with van der Waals surface area (Å²) < 4.78 is 5.24. The fourth-order valence-electron chi connectivity index (χ4n) is 1.63. The first-order valence-electron chi connectivity index (χ1n) is 7.38. The molecule has 1 heterocycles. The summed E-state index contributed by atoms with van der Waals surface area (Å²) in [4.78, 5) is 4.37. The van der Waals surface area contributed by atoms with Crippen LogP contribution >= 0.6 is 0 Å². The van der Waals surface area contributed by atoms with Crippen LogP contribution in [0.3, 0.4) is 0 Å². The van der Waals surface area contributed by atoms with Crippen LogP contribution in [-0.2, 0) is 0 Å². The van der Waals surface area contributed by atoms with Gasteiger partial charge in [-0.3, -0.25) is 0 Å². The third-order valence-corrected chi connectivity index (χ3v) is 2.48. The first-order chi connectivity index (χ1) is 10.4. The van der Waals surface area contributed by atoms with Crippen LogP contribution in [-0.4, -0.2) is 10.1 Å². The second kappa shape index (κ2) is 9.48. The molecular formula is C18H22N2O. The number of rotatable bonds is 2. The maximum atomic E-state index is 5.24. The van der Waals surface area contributed by atoms with E-state index in [1.807, 2.05) is 88.4 Å². The lowest BCUT2D eigenvalue weighted by molar-refractivity contribution is 0.432. The van der Waals surface area contributed by atoms with Crippen molar-refractivity contribution in [2.45, 2.75) is 27.7 Å². The first-order valence-corrected chi connectivity index (χ1v) is 7.38. The highest BCUT2D eigenvalue weighted by Gasteiger charge is 2.09. The van der Waals surface area contributed by atoms with Gasteiger partial charge in [-0.05, 0) is 12.1 Å². The molecule has 3 aromatic rings. The Morgan fingerprint density at radius 1 is 0.667 bits per heavy atom. The van der Waals surface area contributed by atoms with E-state index >= 15 is 0 Å². The molecule has 3 heteroatoms. The van der Waals surface area contributed by atoms with E-state index in [0.29, 0.717) is 11.7 Å². The Balaban J connectivity index is 0.000000510. The lowest BCUT2D eigenvalue weighted by Crippen LogP contribution is -1.80. The summed E-state index contributed by atoms with van der Waals surface area (Å²) in [7, 11) is 0. The third-order valence-electron chi connectivity index (χ3n) is 2.48. The van der Waals surface area contributed by atoms with E-state index in [-0.39, 0.29) is 0 Å². The van der Waals surface area contributed by atoms with Crippen molar-refractivity contribution in [2.75, 3.05) is 0 Å². The van der Waals surface area contributed by atoms with Gasteiger partial charge in [-0.2, -0.15) is 4.98 Å². The van der Waals surface area contributed by atoms with Gasteiger partial charge < -0.3 is 4.52 Å². The second-order valence-corrected chi connectivity index (χ2v) is 3.66. The van der Waals surface area contributed by atoms with Gasteiger partial charge in [-0.25, -0.2) is 0 Å². The normalized spacial score (nSPS) is 8.95. The van der Waals surface area contributed by atoms with Crippen LogP contribution in [0.15, 0.2) is 65.2 Å². The Kier molecular flexibility index (Phi) is 7.51. The van der Waals surface area contributed by atoms with E-state index in [9.17, 15) is 0 Å². The van der Waals surface area contributed by atoms with Crippen molar-refractivity contribution in [3.8, 4) is 22.8 Å². The van der Waals surface area contributed by atoms with Gasteiger partial charge >= 0.3 is 0 Å². The first kappa shape index (κ1) is 16.6. The molecule has 0 saturated carbocycles. The number of aromatic nitrogens is 2. The van der Waals surface area contributed by atoms with E-state index in [2.05, 4.69) is 10.1 Å². The summed E-state index contributed by atoms with van der Waals surface area (Å²) in [5.74, 6) is 1.16. The molecule has 3 rings (SSSR count). The molecule has 1 aromatic heterocycles. The van der Waals surface area contributed by atoms with Gasteiger partial charge in [-0.1, -0.05) is 81.4 Å². The van der Waals surface area contributed by atoms with Crippen LogP contribution in [0.2, 0.25) is 0 Å². The Hall–Kier alpha value is -2.42. The van der Waals surface area contributed by atoms with Gasteiger partial charge in [0.05, 0.1) is 0 Å². The van der Waals surface area contributed by atoms with Crippen molar-refractivity contribution in [1.29, 1.82) is 0 Å². The molecule has 0 aliphatic heterocycles. The zero-order chi connectivity index (χ0) is 15.5. The van der Waals surface area contributed by atoms with Crippen LogP contribution in [0, 0.1) is 0 Å². The smallest absolute Gasteiger partial charge is 0.258 e. The Morgan fingerprint density at radius 3 is 1.67 bits per heavy atom. The molecule has 0 unspecified atom stereocenters. The average Bonchev–Trinajstić information content (AvgIpc) is 3.10. The van der Waals surface area contributed by atoms with Gasteiger partial charge in [-0.15, -0.1) is 0 Å². The summed E-state index contributed by atoms with van der Waals surface area (Å²) in [6, 6.07) is 19.5. The predicted octanol–water partition coefficient (Wildman–Crippen LogP) is 5.46. The zero-order valence-electron chi connectivity index (χ0n) is 13.1. The molecule has 0 saturated heterocycles. The quantitative estimate of drug-likeness (QED) is 0.626. The van der Waals surface area contributed by atoms with Gasteiger partial charge in [0.2, 0.25) is 5.82 Å². The molecule has 0 aliphatic rings. The SMILES string of the molecule is CC.CC.c1ccc(-c2noc(-c3ccccc3)n2)cc1. The molecule has 0 amide bonds. The maximum Gasteiger partial charge on any atom is 0.258 e. The van der Waals surface area contributed by atoms with Crippen LogP contribution in [0.1, 0.15) is 27.7 Å². The Bertz CT molecular complexity index is 549. The number of benzene rings is 2. The molecule has 21 heavy (non-hydrogen) atoms. The van der Waals surface area contributed by atoms with Crippen LogP contribution in [0.4, 0.5) is 0 Å². The molecule has 2 aromatic carbocycles. The summed E-state index contributed by atoms with van der Waals surface area (Å²) in [5.41, 5.74) is 1.89. The van der Waals surface area contributed by atoms with E-state index in [4.69, 9.17) is 4.52 Å². The zero-order valence-corrected chi connectivity index (χ0v) is 13.1. The van der Waals surface area contributed by atoms with Crippen molar-refractivity contribution in [2.24, 2.45) is 0 Å². The van der Waals surface area contributed by atoms with E-state index in [1.165, 1.54) is 0 Å². The van der Waals surface area contributed by atoms with Crippen molar-refractivity contribution in [1.82, 2.24) is 10.1 Å². The molecule has 0 fully saturated rings. The molecule has 0 bridgehead atoms. The van der Waals surface area contributed by atoms with Gasteiger partial charge in [0, 0.05) is 11.1 Å². The molecule has 0 atom stereocenters. The third kappa shape index (κ3) is 4.56. The van der Waals surface area contributed by atoms with Crippen LogP contribution in [0.25, 0.3) is 22.8 Å². The summed E-state index contributed by atoms with van der Waals surface area (Å²) >= 11 is 0. The highest BCUT2D eigenvalue weighted by Crippen LogP contribution is 2.21. The number of hydrogen-bond donors (Lipinski definition) is 0. The minimum Gasteiger partial charge on any atom is -0.334 e. The molecule has 3 nitrogen and oxygen atoms in total. The van der Waals surface area contributed by atoms with Crippen molar-refractivity contribution in [3.05, 3.63) is 60.7 Å². The average molecular weight is 282 g/mol. The van der Waals surface area contributed by atoms with E-state index in [0.717, 1.165) is 11.1 Å². The summed E-state index contributed by atoms with van der Waals surface area (Å²) in [5, 5.41) is 3.98. The van der Waals surface area contributed by atoms with Crippen molar-refractivity contribution >= 4 is 0 Å². The van der Waals surface area contributed by atoms with Crippen molar-refractivity contribution in [3.63, 3.8) is 0 Å². The lowest BCUT2D eigenvalue weighted by Gasteiger charge is -1.91. The maximum absolute atomic E-state index is 5.24. The predicted molar refractivity (Wildman–Crippen MR) is 87.9 cm³/mol. The number of nitrogens with zero attached hydrogens (tertiary/aromatic N) is 2. The van der Waals surface area contributed by atoms with Crippen molar-refractivity contribution < 1.29 is 4.52 Å². The Labute approximate surface area is 126 Å². The summed E-state index contributed by atoms with van der Waals surface area (Å²) in [6.07, 6.45) is 0. The van der Waals surface area contributed by atoms with Crippen LogP contribution in [0.5, 0.6) is 0 Å². The standard InChI is InChI=1S/C14H10N2O.2C2H6/c1-3-7-11(8-4-1)13-15-14(17-16-13)12-9-5-2-6-10-12;2*1-2/h1-10H;2*1-2H3. The minimum atomic E-state index is 0.546. The highest BCUT2D eigenvalue weighted by molar-refractivity contribution is 5.59. The Morgan fingerprint density at radius 2 is 1.14 bits per heavy atom. The molecule has 0 radical (unpaired) electrons. The fourth-order valence-corrected chi connectivity index (χ4v) is 1.63. The minimum absolute atomic E-state index is 0.546. The molecular weight excluding hydrogens is 260 g/mol. The molecule has 0 spiro atoms. The van der Waals surface area contributed by atoms with E-state index in [1.54, 1.807) is 0 Å². The topological polar surface area (TPSA) is 38.9 Å². The molecule has 0 aliphatic carbocycles. The van der Waals surface area contributed by atoms with Crippen LogP contribution < -0.4 is 0 Å². The second-order valence-electron chi connectivity index (χ2n) is 3.66. The monoisotopic (exact) mass is 282 g/mol. The lowest BCUT2D eigenvalue weighted by atomic mass is 10.2. The van der Waals surface area contributed by atoms with Gasteiger partial charge in [0.25, 0.3) is 5.89 Å².